The van der Waals surface area contributed by atoms with Crippen LogP contribution in [0.5, 0.6) is 5.75 Å². The van der Waals surface area contributed by atoms with Crippen molar-refractivity contribution in [2.75, 3.05) is 26.2 Å². The summed E-state index contributed by atoms with van der Waals surface area (Å²) in [6.45, 7) is 4.28. The van der Waals surface area contributed by atoms with E-state index in [1.807, 2.05) is 6.20 Å². The Morgan fingerprint density at radius 3 is 2.58 bits per heavy atom. The highest BCUT2D eigenvalue weighted by atomic mass is 16.5. The molecular formula is C23H28N2O. The van der Waals surface area contributed by atoms with Gasteiger partial charge >= 0.3 is 0 Å². The summed E-state index contributed by atoms with van der Waals surface area (Å²) in [6.07, 6.45) is 8.11. The molecule has 0 spiro atoms. The monoisotopic (exact) mass is 348 g/mol. The van der Waals surface area contributed by atoms with E-state index >= 15 is 0 Å². The van der Waals surface area contributed by atoms with Crippen LogP contribution in [0.1, 0.15) is 30.4 Å². The van der Waals surface area contributed by atoms with Crippen LogP contribution in [0, 0.1) is 0 Å². The molecule has 0 bridgehead atoms. The van der Waals surface area contributed by atoms with Crippen molar-refractivity contribution in [2.45, 2.75) is 32.1 Å². The van der Waals surface area contributed by atoms with Gasteiger partial charge in [-0.15, -0.1) is 0 Å². The normalized spacial score (nSPS) is 15.4. The van der Waals surface area contributed by atoms with Crippen LogP contribution in [0.2, 0.25) is 0 Å². The Kier molecular flexibility index (Phi) is 5.56. The second-order valence-corrected chi connectivity index (χ2v) is 7.21. The Morgan fingerprint density at radius 1 is 0.846 bits per heavy atom. The molecule has 3 nitrogen and oxygen atoms in total. The molecule has 1 aromatic heterocycles. The van der Waals surface area contributed by atoms with Crippen LogP contribution >= 0.6 is 0 Å². The standard InChI is InChI=1S/C23H28N2O/c1-4-15-25(16-5-1)17-18-26-23-10-3-2-7-20(23)12-11-19-8-6-9-22-21(19)13-14-24-22/h2-3,6-10,13-14,24H,1,4-5,11-12,15-18H2. The Labute approximate surface area is 156 Å². The number of aryl methyl sites for hydroxylation is 2. The van der Waals surface area contributed by atoms with Gasteiger partial charge in [-0.2, -0.15) is 0 Å². The highest BCUT2D eigenvalue weighted by Crippen LogP contribution is 2.23. The summed E-state index contributed by atoms with van der Waals surface area (Å²) < 4.78 is 6.15. The average molecular weight is 348 g/mol. The lowest BCUT2D eigenvalue weighted by molar-refractivity contribution is 0.182. The number of benzene rings is 2. The molecule has 1 fully saturated rings. The number of nitrogens with zero attached hydrogens (tertiary/aromatic N) is 1. The zero-order chi connectivity index (χ0) is 17.6. The van der Waals surface area contributed by atoms with Gasteiger partial charge in [-0.25, -0.2) is 0 Å². The van der Waals surface area contributed by atoms with E-state index in [1.54, 1.807) is 0 Å². The fraction of sp³-hybridized carbons (Fsp3) is 0.391. The molecule has 0 amide bonds. The van der Waals surface area contributed by atoms with Gasteiger partial charge in [-0.3, -0.25) is 4.90 Å². The molecule has 4 rings (SSSR count). The van der Waals surface area contributed by atoms with E-state index < -0.39 is 0 Å². The number of aromatic nitrogens is 1. The van der Waals surface area contributed by atoms with Crippen molar-refractivity contribution >= 4 is 10.9 Å². The lowest BCUT2D eigenvalue weighted by Gasteiger charge is -2.26. The van der Waals surface area contributed by atoms with E-state index in [4.69, 9.17) is 4.74 Å². The number of H-pyrrole nitrogens is 1. The quantitative estimate of drug-likeness (QED) is 0.663. The van der Waals surface area contributed by atoms with Gasteiger partial charge in [-0.05, 0) is 68.1 Å². The van der Waals surface area contributed by atoms with Gasteiger partial charge in [0.15, 0.2) is 0 Å². The van der Waals surface area contributed by atoms with Crippen LogP contribution in [-0.2, 0) is 12.8 Å². The van der Waals surface area contributed by atoms with Crippen LogP contribution in [-0.4, -0.2) is 36.1 Å². The number of ether oxygens (including phenoxy) is 1. The van der Waals surface area contributed by atoms with E-state index in [0.717, 1.165) is 31.7 Å². The van der Waals surface area contributed by atoms with Crippen molar-refractivity contribution < 1.29 is 4.74 Å². The molecule has 3 aromatic rings. The molecule has 136 valence electrons. The zero-order valence-electron chi connectivity index (χ0n) is 15.4. The van der Waals surface area contributed by atoms with E-state index in [0.29, 0.717) is 0 Å². The maximum atomic E-state index is 6.15. The summed E-state index contributed by atoms with van der Waals surface area (Å²) in [4.78, 5) is 5.83. The Morgan fingerprint density at radius 2 is 1.65 bits per heavy atom. The average Bonchev–Trinajstić information content (AvgIpc) is 3.17. The SMILES string of the molecule is c1ccc(OCCN2CCCCC2)c(CCc2cccc3[nH]ccc23)c1. The number of aromatic amines is 1. The van der Waals surface area contributed by atoms with Gasteiger partial charge in [0.05, 0.1) is 0 Å². The van der Waals surface area contributed by atoms with Gasteiger partial charge in [0.25, 0.3) is 0 Å². The maximum absolute atomic E-state index is 6.15. The number of hydrogen-bond acceptors (Lipinski definition) is 2. The molecule has 3 heteroatoms. The van der Waals surface area contributed by atoms with E-state index in [-0.39, 0.29) is 0 Å². The molecule has 0 atom stereocenters. The Hall–Kier alpha value is -2.26. The molecule has 0 saturated carbocycles. The third-order valence-corrected chi connectivity index (χ3v) is 5.44. The van der Waals surface area contributed by atoms with Crippen molar-refractivity contribution in [3.8, 4) is 5.75 Å². The van der Waals surface area contributed by atoms with Crippen LogP contribution < -0.4 is 4.74 Å². The van der Waals surface area contributed by atoms with E-state index in [9.17, 15) is 0 Å². The molecule has 1 aliphatic heterocycles. The summed E-state index contributed by atoms with van der Waals surface area (Å²) >= 11 is 0. The van der Waals surface area contributed by atoms with Gasteiger partial charge in [-0.1, -0.05) is 36.8 Å². The number of hydrogen-bond donors (Lipinski definition) is 1. The fourth-order valence-corrected chi connectivity index (χ4v) is 3.96. The first-order valence-electron chi connectivity index (χ1n) is 9.88. The Bertz CT molecular complexity index is 833. The number of para-hydroxylation sites is 1. The highest BCUT2D eigenvalue weighted by Gasteiger charge is 2.11. The van der Waals surface area contributed by atoms with Gasteiger partial charge in [0.1, 0.15) is 12.4 Å². The summed E-state index contributed by atoms with van der Waals surface area (Å²) in [5, 5.41) is 1.33. The van der Waals surface area contributed by atoms with Crippen molar-refractivity contribution in [3.05, 3.63) is 65.9 Å². The van der Waals surface area contributed by atoms with Crippen LogP contribution in [0.25, 0.3) is 10.9 Å². The minimum Gasteiger partial charge on any atom is -0.492 e. The van der Waals surface area contributed by atoms with Crippen LogP contribution in [0.3, 0.4) is 0 Å². The molecular weight excluding hydrogens is 320 g/mol. The summed E-state index contributed by atoms with van der Waals surface area (Å²) in [7, 11) is 0. The molecule has 0 radical (unpaired) electrons. The number of fused-ring (bicyclic) bond motifs is 1. The number of piperidine rings is 1. The van der Waals surface area contributed by atoms with Crippen LogP contribution in [0.15, 0.2) is 54.7 Å². The third kappa shape index (κ3) is 4.10. The zero-order valence-corrected chi connectivity index (χ0v) is 15.4. The van der Waals surface area contributed by atoms with E-state index in [1.165, 1.54) is 54.4 Å². The first-order valence-corrected chi connectivity index (χ1v) is 9.88. The summed E-state index contributed by atoms with van der Waals surface area (Å²) in [5.74, 6) is 1.05. The molecule has 1 saturated heterocycles. The minimum atomic E-state index is 0.782. The van der Waals surface area contributed by atoms with Gasteiger partial charge in [0, 0.05) is 23.6 Å². The second kappa shape index (κ2) is 8.41. The number of likely N-dealkylation sites (tertiary alicyclic amines) is 1. The first kappa shape index (κ1) is 17.2. The fourth-order valence-electron chi connectivity index (χ4n) is 3.96. The van der Waals surface area contributed by atoms with Crippen LogP contribution in [0.4, 0.5) is 0 Å². The number of rotatable bonds is 7. The van der Waals surface area contributed by atoms with E-state index in [2.05, 4.69) is 58.4 Å². The Balaban J connectivity index is 1.37. The van der Waals surface area contributed by atoms with Gasteiger partial charge in [0.2, 0.25) is 0 Å². The molecule has 26 heavy (non-hydrogen) atoms. The highest BCUT2D eigenvalue weighted by molar-refractivity contribution is 5.82. The molecule has 2 aromatic carbocycles. The predicted octanol–water partition coefficient (Wildman–Crippen LogP) is 4.82. The largest absolute Gasteiger partial charge is 0.492 e. The van der Waals surface area contributed by atoms with Crippen molar-refractivity contribution in [1.82, 2.24) is 9.88 Å². The van der Waals surface area contributed by atoms with Gasteiger partial charge < -0.3 is 9.72 Å². The van der Waals surface area contributed by atoms with Crippen molar-refractivity contribution in [1.29, 1.82) is 0 Å². The lowest BCUT2D eigenvalue weighted by atomic mass is 10.0. The second-order valence-electron chi connectivity index (χ2n) is 7.21. The first-order chi connectivity index (χ1) is 12.9. The molecule has 0 aliphatic carbocycles. The maximum Gasteiger partial charge on any atom is 0.122 e. The van der Waals surface area contributed by atoms with Crippen molar-refractivity contribution in [3.63, 3.8) is 0 Å². The lowest BCUT2D eigenvalue weighted by Crippen LogP contribution is -2.33. The molecule has 1 aliphatic rings. The van der Waals surface area contributed by atoms with Crippen molar-refractivity contribution in [2.24, 2.45) is 0 Å². The third-order valence-electron chi connectivity index (χ3n) is 5.44. The number of nitrogens with one attached hydrogen (secondary N) is 1. The predicted molar refractivity (Wildman–Crippen MR) is 108 cm³/mol. The smallest absolute Gasteiger partial charge is 0.122 e. The molecule has 1 N–H and O–H groups in total. The summed E-state index contributed by atoms with van der Waals surface area (Å²) in [5.41, 5.74) is 3.92. The molecule has 2 heterocycles. The topological polar surface area (TPSA) is 28.3 Å². The molecule has 0 unspecified atom stereocenters. The minimum absolute atomic E-state index is 0.782. The summed E-state index contributed by atoms with van der Waals surface area (Å²) in [6, 6.07) is 17.2.